The maximum absolute atomic E-state index is 13.9. The van der Waals surface area contributed by atoms with Gasteiger partial charge in [-0.1, -0.05) is 24.6 Å². The highest BCUT2D eigenvalue weighted by Gasteiger charge is 2.45. The molecule has 114 valence electrons. The fraction of sp³-hybridized carbons (Fsp3) is 0.467. The van der Waals surface area contributed by atoms with Crippen molar-refractivity contribution in [2.75, 3.05) is 0 Å². The molecule has 21 heavy (non-hydrogen) atoms. The number of hydrogen-bond donors (Lipinski definition) is 1. The standard InChI is InChI=1S/C15H18ClFN2O2/c1-4-15(3)14(21)19(9(2)13(20)18-15)8-10-5-6-11(16)7-12(10)17/h5-7,9H,4,8H2,1-3H3,(H,18,20). The maximum atomic E-state index is 13.9. The van der Waals surface area contributed by atoms with Crippen LogP contribution in [0.1, 0.15) is 32.8 Å². The predicted molar refractivity (Wildman–Crippen MR) is 78.3 cm³/mol. The molecular weight excluding hydrogens is 295 g/mol. The monoisotopic (exact) mass is 312 g/mol. The lowest BCUT2D eigenvalue weighted by atomic mass is 9.92. The molecule has 2 atom stereocenters. The van der Waals surface area contributed by atoms with Crippen LogP contribution >= 0.6 is 11.6 Å². The minimum Gasteiger partial charge on any atom is -0.340 e. The van der Waals surface area contributed by atoms with Gasteiger partial charge >= 0.3 is 0 Å². The van der Waals surface area contributed by atoms with E-state index in [9.17, 15) is 14.0 Å². The SMILES string of the molecule is CCC1(C)NC(=O)C(C)N(Cc2ccc(Cl)cc2F)C1=O. The first-order chi connectivity index (χ1) is 9.78. The van der Waals surface area contributed by atoms with Gasteiger partial charge in [0.15, 0.2) is 0 Å². The molecule has 1 aliphatic rings. The summed E-state index contributed by atoms with van der Waals surface area (Å²) < 4.78 is 13.9. The summed E-state index contributed by atoms with van der Waals surface area (Å²) >= 11 is 5.72. The highest BCUT2D eigenvalue weighted by atomic mass is 35.5. The largest absolute Gasteiger partial charge is 0.340 e. The second-order valence-corrected chi connectivity index (χ2v) is 5.96. The summed E-state index contributed by atoms with van der Waals surface area (Å²) in [6, 6.07) is 3.67. The molecule has 1 N–H and O–H groups in total. The van der Waals surface area contributed by atoms with Crippen molar-refractivity contribution in [2.45, 2.75) is 45.3 Å². The van der Waals surface area contributed by atoms with Gasteiger partial charge in [0.2, 0.25) is 11.8 Å². The molecule has 6 heteroatoms. The van der Waals surface area contributed by atoms with E-state index in [4.69, 9.17) is 11.6 Å². The molecule has 1 aromatic carbocycles. The van der Waals surface area contributed by atoms with Crippen molar-refractivity contribution in [1.82, 2.24) is 10.2 Å². The van der Waals surface area contributed by atoms with Crippen LogP contribution in [0.25, 0.3) is 0 Å². The van der Waals surface area contributed by atoms with E-state index in [1.807, 2.05) is 6.92 Å². The second-order valence-electron chi connectivity index (χ2n) is 5.52. The van der Waals surface area contributed by atoms with Crippen LogP contribution in [0.2, 0.25) is 5.02 Å². The number of nitrogens with one attached hydrogen (secondary N) is 1. The van der Waals surface area contributed by atoms with Crippen LogP contribution in [0.15, 0.2) is 18.2 Å². The Balaban J connectivity index is 2.31. The molecule has 4 nitrogen and oxygen atoms in total. The molecule has 1 aliphatic heterocycles. The van der Waals surface area contributed by atoms with E-state index in [2.05, 4.69) is 5.32 Å². The quantitative estimate of drug-likeness (QED) is 0.932. The van der Waals surface area contributed by atoms with Crippen LogP contribution in [-0.4, -0.2) is 28.3 Å². The van der Waals surface area contributed by atoms with Crippen molar-refractivity contribution >= 4 is 23.4 Å². The van der Waals surface area contributed by atoms with Gasteiger partial charge in [-0.3, -0.25) is 9.59 Å². The highest BCUT2D eigenvalue weighted by molar-refractivity contribution is 6.30. The van der Waals surface area contributed by atoms with E-state index >= 15 is 0 Å². The fourth-order valence-corrected chi connectivity index (χ4v) is 2.50. The first-order valence-corrected chi connectivity index (χ1v) is 7.23. The number of hydrogen-bond acceptors (Lipinski definition) is 2. The van der Waals surface area contributed by atoms with Crippen LogP contribution in [-0.2, 0) is 16.1 Å². The molecule has 0 spiro atoms. The van der Waals surface area contributed by atoms with E-state index in [-0.39, 0.29) is 18.4 Å². The topological polar surface area (TPSA) is 49.4 Å². The van der Waals surface area contributed by atoms with E-state index in [0.717, 1.165) is 0 Å². The van der Waals surface area contributed by atoms with Gasteiger partial charge in [-0.05, 0) is 32.4 Å². The third-order valence-electron chi connectivity index (χ3n) is 4.04. The fourth-order valence-electron chi connectivity index (χ4n) is 2.35. The van der Waals surface area contributed by atoms with E-state index in [0.29, 0.717) is 17.0 Å². The molecule has 2 unspecified atom stereocenters. The number of carbonyl (C=O) groups excluding carboxylic acids is 2. The summed E-state index contributed by atoms with van der Waals surface area (Å²) in [5.74, 6) is -0.911. The molecule has 0 aromatic heterocycles. The van der Waals surface area contributed by atoms with E-state index in [1.165, 1.54) is 17.0 Å². The number of benzene rings is 1. The number of carbonyl (C=O) groups is 2. The lowest BCUT2D eigenvalue weighted by Gasteiger charge is -2.43. The molecule has 0 bridgehead atoms. The van der Waals surface area contributed by atoms with Gasteiger partial charge in [0.1, 0.15) is 17.4 Å². The Morgan fingerprint density at radius 2 is 2.10 bits per heavy atom. The Hall–Kier alpha value is -1.62. The smallest absolute Gasteiger partial charge is 0.249 e. The molecule has 0 saturated carbocycles. The summed E-state index contributed by atoms with van der Waals surface area (Å²) in [7, 11) is 0. The Kier molecular flexibility index (Phi) is 4.23. The van der Waals surface area contributed by atoms with Crippen molar-refractivity contribution in [2.24, 2.45) is 0 Å². The molecule has 1 fully saturated rings. The van der Waals surface area contributed by atoms with Gasteiger partial charge in [0.05, 0.1) is 0 Å². The van der Waals surface area contributed by atoms with Gasteiger partial charge in [0, 0.05) is 17.1 Å². The number of amides is 2. The molecule has 1 saturated heterocycles. The Morgan fingerprint density at radius 1 is 1.43 bits per heavy atom. The lowest BCUT2D eigenvalue weighted by Crippen LogP contribution is -2.68. The second kappa shape index (κ2) is 5.64. The van der Waals surface area contributed by atoms with Crippen LogP contribution in [0.3, 0.4) is 0 Å². The zero-order valence-corrected chi connectivity index (χ0v) is 13.0. The van der Waals surface area contributed by atoms with Crippen LogP contribution in [0.5, 0.6) is 0 Å². The van der Waals surface area contributed by atoms with E-state index < -0.39 is 17.4 Å². The first kappa shape index (κ1) is 15.8. The van der Waals surface area contributed by atoms with Crippen LogP contribution in [0.4, 0.5) is 4.39 Å². The Bertz CT molecular complexity index is 593. The van der Waals surface area contributed by atoms with Crippen molar-refractivity contribution in [3.63, 3.8) is 0 Å². The maximum Gasteiger partial charge on any atom is 0.249 e. The molecule has 1 heterocycles. The summed E-state index contributed by atoms with van der Waals surface area (Å²) in [6.45, 7) is 5.20. The molecule has 2 rings (SSSR count). The summed E-state index contributed by atoms with van der Waals surface area (Å²) in [6.07, 6.45) is 0.476. The molecular formula is C15H18ClFN2O2. The number of nitrogens with zero attached hydrogens (tertiary/aromatic N) is 1. The summed E-state index contributed by atoms with van der Waals surface area (Å²) in [5.41, 5.74) is -0.597. The molecule has 0 aliphatic carbocycles. The lowest BCUT2D eigenvalue weighted by molar-refractivity contribution is -0.154. The average molecular weight is 313 g/mol. The number of halogens is 2. The molecule has 1 aromatic rings. The van der Waals surface area contributed by atoms with Gasteiger partial charge in [-0.2, -0.15) is 0 Å². The van der Waals surface area contributed by atoms with Crippen molar-refractivity contribution in [1.29, 1.82) is 0 Å². The Morgan fingerprint density at radius 3 is 2.67 bits per heavy atom. The van der Waals surface area contributed by atoms with Gasteiger partial charge in [0.25, 0.3) is 0 Å². The first-order valence-electron chi connectivity index (χ1n) is 6.85. The van der Waals surface area contributed by atoms with Crippen LogP contribution < -0.4 is 5.32 Å². The summed E-state index contributed by atoms with van der Waals surface area (Å²) in [4.78, 5) is 26.0. The molecule has 2 amide bonds. The normalized spacial score (nSPS) is 26.0. The predicted octanol–water partition coefficient (Wildman–Crippen LogP) is 2.49. The average Bonchev–Trinajstić information content (AvgIpc) is 2.43. The third-order valence-corrected chi connectivity index (χ3v) is 4.28. The minimum absolute atomic E-state index is 0.0476. The highest BCUT2D eigenvalue weighted by Crippen LogP contribution is 2.24. The van der Waals surface area contributed by atoms with Crippen molar-refractivity contribution in [3.8, 4) is 0 Å². The van der Waals surface area contributed by atoms with Gasteiger partial charge in [-0.25, -0.2) is 4.39 Å². The van der Waals surface area contributed by atoms with Gasteiger partial charge in [-0.15, -0.1) is 0 Å². The van der Waals surface area contributed by atoms with E-state index in [1.54, 1.807) is 19.9 Å². The Labute approximate surface area is 128 Å². The van der Waals surface area contributed by atoms with Crippen molar-refractivity contribution < 1.29 is 14.0 Å². The molecule has 0 radical (unpaired) electrons. The third kappa shape index (κ3) is 2.88. The van der Waals surface area contributed by atoms with Crippen LogP contribution in [0, 0.1) is 5.82 Å². The zero-order chi connectivity index (χ0) is 15.8. The summed E-state index contributed by atoms with van der Waals surface area (Å²) in [5, 5.41) is 3.03. The van der Waals surface area contributed by atoms with Gasteiger partial charge < -0.3 is 10.2 Å². The minimum atomic E-state index is -0.938. The number of piperazine rings is 1. The zero-order valence-electron chi connectivity index (χ0n) is 12.2. The van der Waals surface area contributed by atoms with Crippen molar-refractivity contribution in [3.05, 3.63) is 34.6 Å². The number of rotatable bonds is 3.